The van der Waals surface area contributed by atoms with E-state index in [-0.39, 0.29) is 18.5 Å². The van der Waals surface area contributed by atoms with E-state index < -0.39 is 15.6 Å². The number of carbonyl (C=O) groups is 1. The molecule has 3 aliphatic rings. The second-order valence-electron chi connectivity index (χ2n) is 9.44. The van der Waals surface area contributed by atoms with Crippen molar-refractivity contribution in [3.8, 4) is 17.2 Å². The third-order valence-corrected chi connectivity index (χ3v) is 7.62. The van der Waals surface area contributed by atoms with Crippen molar-refractivity contribution in [3.63, 3.8) is 0 Å². The van der Waals surface area contributed by atoms with Crippen molar-refractivity contribution in [2.75, 3.05) is 42.8 Å². The van der Waals surface area contributed by atoms with Gasteiger partial charge in [0, 0.05) is 19.1 Å². The number of hydrogen-bond donors (Lipinski definition) is 1. The highest BCUT2D eigenvalue weighted by Crippen LogP contribution is 2.38. The predicted octanol–water partition coefficient (Wildman–Crippen LogP) is 1.79. The smallest absolute Gasteiger partial charge is 0.272 e. The van der Waals surface area contributed by atoms with Crippen LogP contribution in [0.15, 0.2) is 24.4 Å². The van der Waals surface area contributed by atoms with Crippen LogP contribution in [0.25, 0.3) is 0 Å². The molecule has 12 heteroatoms. The molecule has 1 aromatic heterocycles. The topological polar surface area (TPSA) is 123 Å². The van der Waals surface area contributed by atoms with E-state index in [9.17, 15) is 13.2 Å². The van der Waals surface area contributed by atoms with E-state index in [1.807, 2.05) is 18.2 Å². The number of benzene rings is 1. The first-order valence-electron chi connectivity index (χ1n) is 11.6. The summed E-state index contributed by atoms with van der Waals surface area (Å²) in [5.74, 6) is 2.29. The number of nitrogens with one attached hydrogen (secondary N) is 1. The van der Waals surface area contributed by atoms with Crippen molar-refractivity contribution < 1.29 is 27.4 Å². The summed E-state index contributed by atoms with van der Waals surface area (Å²) in [5.41, 5.74) is -0.204. The molecule has 11 nitrogen and oxygen atoms in total. The summed E-state index contributed by atoms with van der Waals surface area (Å²) in [7, 11) is -3.20. The third-order valence-electron chi connectivity index (χ3n) is 6.32. The number of fused-ring (bicyclic) bond motifs is 2. The van der Waals surface area contributed by atoms with Gasteiger partial charge in [0.1, 0.15) is 13.2 Å². The molecule has 1 saturated heterocycles. The van der Waals surface area contributed by atoms with E-state index in [0.717, 1.165) is 5.56 Å². The van der Waals surface area contributed by atoms with E-state index in [1.54, 1.807) is 24.9 Å². The van der Waals surface area contributed by atoms with E-state index in [2.05, 4.69) is 15.3 Å². The molecule has 0 aliphatic carbocycles. The van der Waals surface area contributed by atoms with Crippen molar-refractivity contribution in [1.29, 1.82) is 0 Å². The lowest BCUT2D eigenvalue weighted by molar-refractivity contribution is -0.133. The Labute approximate surface area is 204 Å². The van der Waals surface area contributed by atoms with Crippen LogP contribution in [0.2, 0.25) is 0 Å². The molecule has 0 atom stereocenters. The van der Waals surface area contributed by atoms with Crippen LogP contribution in [-0.2, 0) is 21.4 Å². The number of carbonyl (C=O) groups excluding carboxylic acids is 1. The number of hydrogen-bond acceptors (Lipinski definition) is 9. The Morgan fingerprint density at radius 2 is 1.83 bits per heavy atom. The monoisotopic (exact) mass is 503 g/mol. The molecule has 1 fully saturated rings. The van der Waals surface area contributed by atoms with Gasteiger partial charge >= 0.3 is 0 Å². The molecule has 1 aromatic carbocycles. The van der Waals surface area contributed by atoms with Crippen molar-refractivity contribution in [2.24, 2.45) is 0 Å². The van der Waals surface area contributed by atoms with Gasteiger partial charge in [0.25, 0.3) is 5.91 Å². The van der Waals surface area contributed by atoms with Gasteiger partial charge in [-0.3, -0.25) is 9.69 Å². The number of amides is 1. The third kappa shape index (κ3) is 4.85. The highest BCUT2D eigenvalue weighted by Gasteiger charge is 2.42. The molecule has 0 saturated carbocycles. The summed E-state index contributed by atoms with van der Waals surface area (Å²) in [4.78, 5) is 24.0. The molecule has 3 aliphatic heterocycles. The lowest BCUT2D eigenvalue weighted by Gasteiger charge is -2.38. The molecular weight excluding hydrogens is 474 g/mol. The van der Waals surface area contributed by atoms with Crippen molar-refractivity contribution in [2.45, 2.75) is 44.9 Å². The van der Waals surface area contributed by atoms with Gasteiger partial charge in [0.2, 0.25) is 16.0 Å². The maximum Gasteiger partial charge on any atom is 0.272 e. The maximum atomic E-state index is 13.3. The molecule has 0 unspecified atom stereocenters. The van der Waals surface area contributed by atoms with Crippen molar-refractivity contribution in [3.05, 3.63) is 30.0 Å². The zero-order chi connectivity index (χ0) is 24.8. The van der Waals surface area contributed by atoms with Crippen LogP contribution in [0.1, 0.15) is 32.3 Å². The maximum absolute atomic E-state index is 13.3. The van der Waals surface area contributed by atoms with Crippen LogP contribution in [0.3, 0.4) is 0 Å². The highest BCUT2D eigenvalue weighted by atomic mass is 32.2. The number of rotatable bonds is 5. The largest absolute Gasteiger partial charge is 0.486 e. The van der Waals surface area contributed by atoms with Crippen LogP contribution < -0.4 is 24.4 Å². The van der Waals surface area contributed by atoms with E-state index in [1.165, 1.54) is 10.6 Å². The SMILES string of the molecule is CC1(C)Oc2cnc(NC3CCN(S(C)(=O)=O)CC3)nc2N(Cc2ccc3c(c2)OCCO3)C1=O. The van der Waals surface area contributed by atoms with E-state index in [0.29, 0.717) is 68.2 Å². The van der Waals surface area contributed by atoms with Crippen molar-refractivity contribution >= 4 is 27.7 Å². The van der Waals surface area contributed by atoms with Crippen LogP contribution in [0.4, 0.5) is 11.8 Å². The lowest BCUT2D eigenvalue weighted by atomic mass is 10.0. The van der Waals surface area contributed by atoms with Gasteiger partial charge in [-0.25, -0.2) is 17.7 Å². The standard InChI is InChI=1S/C23H29N5O6S/c1-23(2)21(29)28(14-15-4-5-17-18(12-15)33-11-10-32-17)20-19(34-23)13-24-22(26-20)25-16-6-8-27(9-7-16)35(3,30)31/h4-5,12-13,16H,6-11,14H2,1-3H3,(H,24,25,26). The molecule has 2 aromatic rings. The molecule has 0 radical (unpaired) electrons. The summed E-state index contributed by atoms with van der Waals surface area (Å²) >= 11 is 0. The van der Waals surface area contributed by atoms with Gasteiger partial charge < -0.3 is 19.5 Å². The minimum absolute atomic E-state index is 0.0222. The molecule has 1 amide bonds. The Kier molecular flexibility index (Phi) is 5.96. The Balaban J connectivity index is 1.38. The number of sulfonamides is 1. The molecular formula is C23H29N5O6S. The molecule has 0 bridgehead atoms. The molecule has 0 spiro atoms. The number of nitrogens with zero attached hydrogens (tertiary/aromatic N) is 4. The Bertz CT molecular complexity index is 1240. The molecule has 4 heterocycles. The van der Waals surface area contributed by atoms with Crippen LogP contribution in [-0.4, -0.2) is 72.8 Å². The average Bonchev–Trinajstić information content (AvgIpc) is 2.82. The van der Waals surface area contributed by atoms with Crippen LogP contribution >= 0.6 is 0 Å². The Morgan fingerprint density at radius 1 is 1.11 bits per heavy atom. The normalized spacial score (nSPS) is 20.2. The second kappa shape index (κ2) is 8.83. The van der Waals surface area contributed by atoms with Crippen molar-refractivity contribution in [1.82, 2.24) is 14.3 Å². The summed E-state index contributed by atoms with van der Waals surface area (Å²) in [6.07, 6.45) is 4.07. The van der Waals surface area contributed by atoms with Crippen LogP contribution in [0.5, 0.6) is 17.2 Å². The molecule has 1 N–H and O–H groups in total. The Morgan fingerprint density at radius 3 is 2.54 bits per heavy atom. The van der Waals surface area contributed by atoms with E-state index in [4.69, 9.17) is 14.2 Å². The minimum Gasteiger partial charge on any atom is -0.486 e. The zero-order valence-corrected chi connectivity index (χ0v) is 20.8. The van der Waals surface area contributed by atoms with Gasteiger partial charge in [-0.15, -0.1) is 0 Å². The highest BCUT2D eigenvalue weighted by molar-refractivity contribution is 7.88. The van der Waals surface area contributed by atoms with E-state index >= 15 is 0 Å². The predicted molar refractivity (Wildman–Crippen MR) is 128 cm³/mol. The fourth-order valence-corrected chi connectivity index (χ4v) is 5.34. The first-order valence-corrected chi connectivity index (χ1v) is 13.4. The summed E-state index contributed by atoms with van der Waals surface area (Å²) < 4.78 is 42.2. The molecule has 35 heavy (non-hydrogen) atoms. The van der Waals surface area contributed by atoms with Gasteiger partial charge in [-0.1, -0.05) is 6.07 Å². The fourth-order valence-electron chi connectivity index (χ4n) is 4.47. The minimum atomic E-state index is -3.20. The summed E-state index contributed by atoms with van der Waals surface area (Å²) in [6, 6.07) is 5.64. The zero-order valence-electron chi connectivity index (χ0n) is 20.0. The quantitative estimate of drug-likeness (QED) is 0.650. The van der Waals surface area contributed by atoms with Gasteiger partial charge in [0.05, 0.1) is 19.0 Å². The summed E-state index contributed by atoms with van der Waals surface area (Å²) in [5, 5.41) is 3.29. The fraction of sp³-hybridized carbons (Fsp3) is 0.522. The first kappa shape index (κ1) is 23.6. The molecule has 5 rings (SSSR count). The Hall–Kier alpha value is -3.12. The second-order valence-corrected chi connectivity index (χ2v) is 11.4. The summed E-state index contributed by atoms with van der Waals surface area (Å²) in [6.45, 7) is 5.58. The first-order chi connectivity index (χ1) is 16.6. The van der Waals surface area contributed by atoms with Gasteiger partial charge in [0.15, 0.2) is 28.7 Å². The van der Waals surface area contributed by atoms with Gasteiger partial charge in [-0.05, 0) is 44.4 Å². The van der Waals surface area contributed by atoms with Gasteiger partial charge in [-0.2, -0.15) is 4.98 Å². The average molecular weight is 504 g/mol. The molecule has 188 valence electrons. The number of anilines is 2. The lowest BCUT2D eigenvalue weighted by Crippen LogP contribution is -2.52. The van der Waals surface area contributed by atoms with Crippen LogP contribution in [0, 0.1) is 0 Å². The number of ether oxygens (including phenoxy) is 3. The number of aromatic nitrogens is 2. The number of piperidine rings is 1.